The number of aliphatic hydroxyl groups excluding tert-OH is 1. The van der Waals surface area contributed by atoms with Crippen LogP contribution in [0.5, 0.6) is 5.88 Å². The molecule has 0 saturated heterocycles. The fourth-order valence-corrected chi connectivity index (χ4v) is 3.51. The summed E-state index contributed by atoms with van der Waals surface area (Å²) in [4.78, 5) is 21.0. The normalized spacial score (nSPS) is 22.8. The van der Waals surface area contributed by atoms with Crippen LogP contribution in [-0.2, 0) is 0 Å². The maximum Gasteiger partial charge on any atom is 0.404 e. The second kappa shape index (κ2) is 7.28. The van der Waals surface area contributed by atoms with Gasteiger partial charge in [-0.25, -0.2) is 19.2 Å². The molecule has 2 aromatic rings. The Bertz CT molecular complexity index is 819. The Hall–Kier alpha value is -2.68. The number of nitrogens with one attached hydrogen (secondary N) is 1. The number of aromatic nitrogens is 2. The summed E-state index contributed by atoms with van der Waals surface area (Å²) in [6, 6.07) is 2.18. The molecule has 8 nitrogen and oxygen atoms in total. The van der Waals surface area contributed by atoms with Crippen molar-refractivity contribution < 1.29 is 24.1 Å². The van der Waals surface area contributed by atoms with Crippen LogP contribution in [0.15, 0.2) is 18.3 Å². The molecule has 0 spiro atoms. The largest absolute Gasteiger partial charge is 0.480 e. The van der Waals surface area contributed by atoms with E-state index in [0.29, 0.717) is 23.9 Å². The summed E-state index contributed by atoms with van der Waals surface area (Å²) in [5.74, 6) is -0.201. The van der Waals surface area contributed by atoms with Crippen LogP contribution >= 0.6 is 0 Å². The first-order chi connectivity index (χ1) is 12.4. The lowest BCUT2D eigenvalue weighted by Gasteiger charge is -2.39. The molecule has 1 amide bonds. The molecule has 1 fully saturated rings. The van der Waals surface area contributed by atoms with Crippen molar-refractivity contribution in [2.75, 3.05) is 19.1 Å². The minimum Gasteiger partial charge on any atom is -0.480 e. The first-order valence-corrected chi connectivity index (χ1v) is 8.30. The van der Waals surface area contributed by atoms with Crippen LogP contribution in [0, 0.1) is 5.82 Å². The van der Waals surface area contributed by atoms with Gasteiger partial charge >= 0.3 is 6.09 Å². The molecule has 9 heteroatoms. The van der Waals surface area contributed by atoms with Crippen LogP contribution in [-0.4, -0.2) is 58.6 Å². The minimum atomic E-state index is -1.11. The van der Waals surface area contributed by atoms with E-state index in [1.165, 1.54) is 19.4 Å². The molecule has 26 heavy (non-hydrogen) atoms. The molecule has 3 rings (SSSR count). The van der Waals surface area contributed by atoms with Crippen molar-refractivity contribution in [3.05, 3.63) is 24.1 Å². The van der Waals surface area contributed by atoms with Crippen molar-refractivity contribution in [2.45, 2.75) is 37.5 Å². The molecule has 1 aliphatic rings. The molecule has 1 aromatic carbocycles. The fourth-order valence-electron chi connectivity index (χ4n) is 3.51. The Labute approximate surface area is 149 Å². The number of halogens is 1. The van der Waals surface area contributed by atoms with Crippen molar-refractivity contribution in [2.24, 2.45) is 0 Å². The molecule has 140 valence electrons. The number of carboxylic acid groups (broad SMARTS) is 1. The molecule has 0 unspecified atom stereocenters. The molecule has 0 aliphatic heterocycles. The average Bonchev–Trinajstić information content (AvgIpc) is 2.60. The molecule has 3 atom stereocenters. The van der Waals surface area contributed by atoms with E-state index in [2.05, 4.69) is 15.3 Å². The second-order valence-electron chi connectivity index (χ2n) is 6.38. The number of benzene rings is 1. The van der Waals surface area contributed by atoms with Crippen molar-refractivity contribution in [3.63, 3.8) is 0 Å². The molecule has 0 bridgehead atoms. The number of anilines is 1. The third kappa shape index (κ3) is 3.48. The van der Waals surface area contributed by atoms with Gasteiger partial charge in [0.2, 0.25) is 5.88 Å². The number of hydrogen-bond acceptors (Lipinski definition) is 6. The fraction of sp³-hybridized carbons (Fsp3) is 0.471. The van der Waals surface area contributed by atoms with E-state index in [1.54, 1.807) is 18.0 Å². The zero-order valence-corrected chi connectivity index (χ0v) is 14.5. The maximum absolute atomic E-state index is 14.6. The Morgan fingerprint density at radius 1 is 1.42 bits per heavy atom. The SMILES string of the molecule is COc1cnc2ccc(F)c(N(C)[C@@H]3CC[C@@H](NC(=O)O)C[C@@H]3O)c2n1. The molecule has 1 aromatic heterocycles. The summed E-state index contributed by atoms with van der Waals surface area (Å²) < 4.78 is 19.7. The van der Waals surface area contributed by atoms with Gasteiger partial charge in [-0.15, -0.1) is 0 Å². The number of likely N-dealkylation sites (N-methyl/N-ethyl adjacent to an activating group) is 1. The standard InChI is InChI=1S/C17H21FN4O4/c1-22(12-6-3-9(7-13(12)23)20-17(24)25)16-10(18)4-5-11-15(16)21-14(26-2)8-19-11/h4-5,8-9,12-13,20,23H,3,6-7H2,1-2H3,(H,24,25)/t9-,12-,13+/m1/s1. The zero-order chi connectivity index (χ0) is 18.8. The van der Waals surface area contributed by atoms with E-state index < -0.39 is 18.0 Å². The first-order valence-electron chi connectivity index (χ1n) is 8.30. The smallest absolute Gasteiger partial charge is 0.404 e. The van der Waals surface area contributed by atoms with Gasteiger partial charge in [0.05, 0.1) is 31.0 Å². The summed E-state index contributed by atoms with van der Waals surface area (Å²) in [5.41, 5.74) is 1.11. The predicted molar refractivity (Wildman–Crippen MR) is 93.0 cm³/mol. The lowest BCUT2D eigenvalue weighted by Crippen LogP contribution is -2.50. The highest BCUT2D eigenvalue weighted by atomic mass is 19.1. The Kier molecular flexibility index (Phi) is 5.08. The lowest BCUT2D eigenvalue weighted by molar-refractivity contribution is 0.0881. The Balaban J connectivity index is 1.91. The highest BCUT2D eigenvalue weighted by Crippen LogP contribution is 2.33. The number of fused-ring (bicyclic) bond motifs is 1. The van der Waals surface area contributed by atoms with Gasteiger partial charge in [0.25, 0.3) is 0 Å². The van der Waals surface area contributed by atoms with E-state index in [0.717, 1.165) is 0 Å². The van der Waals surface area contributed by atoms with Crippen LogP contribution in [0.2, 0.25) is 0 Å². The van der Waals surface area contributed by atoms with Gasteiger partial charge in [-0.3, -0.25) is 0 Å². The number of amides is 1. The number of carbonyl (C=O) groups is 1. The second-order valence-corrected chi connectivity index (χ2v) is 6.38. The van der Waals surface area contributed by atoms with Crippen LogP contribution in [0.3, 0.4) is 0 Å². The highest BCUT2D eigenvalue weighted by Gasteiger charge is 2.34. The Morgan fingerprint density at radius 2 is 2.19 bits per heavy atom. The number of aliphatic hydroxyl groups is 1. The molecule has 1 heterocycles. The quantitative estimate of drug-likeness (QED) is 0.759. The van der Waals surface area contributed by atoms with Gasteiger partial charge in [-0.05, 0) is 31.4 Å². The molecule has 0 radical (unpaired) electrons. The molecule has 1 saturated carbocycles. The summed E-state index contributed by atoms with van der Waals surface area (Å²) in [6.07, 6.45) is 0.871. The van der Waals surface area contributed by atoms with Gasteiger partial charge in [0, 0.05) is 13.1 Å². The van der Waals surface area contributed by atoms with Gasteiger partial charge < -0.3 is 25.2 Å². The van der Waals surface area contributed by atoms with Crippen molar-refractivity contribution in [1.29, 1.82) is 0 Å². The van der Waals surface area contributed by atoms with Crippen molar-refractivity contribution >= 4 is 22.8 Å². The molecule has 3 N–H and O–H groups in total. The van der Waals surface area contributed by atoms with E-state index in [9.17, 15) is 14.3 Å². The van der Waals surface area contributed by atoms with Gasteiger partial charge in [0.15, 0.2) is 0 Å². The zero-order valence-electron chi connectivity index (χ0n) is 14.5. The molecular formula is C17H21FN4O4. The summed E-state index contributed by atoms with van der Waals surface area (Å²) in [7, 11) is 3.15. The molecular weight excluding hydrogens is 343 g/mol. The summed E-state index contributed by atoms with van der Waals surface area (Å²) >= 11 is 0. The highest BCUT2D eigenvalue weighted by molar-refractivity contribution is 5.89. The average molecular weight is 364 g/mol. The van der Waals surface area contributed by atoms with Crippen LogP contribution in [0.25, 0.3) is 11.0 Å². The van der Waals surface area contributed by atoms with Gasteiger partial charge in [-0.1, -0.05) is 0 Å². The summed E-state index contributed by atoms with van der Waals surface area (Å²) in [5, 5.41) is 21.7. The minimum absolute atomic E-state index is 0.239. The third-order valence-corrected chi connectivity index (χ3v) is 4.78. The van der Waals surface area contributed by atoms with Crippen LogP contribution in [0.1, 0.15) is 19.3 Å². The predicted octanol–water partition coefficient (Wildman–Crippen LogP) is 1.76. The van der Waals surface area contributed by atoms with E-state index >= 15 is 0 Å². The third-order valence-electron chi connectivity index (χ3n) is 4.78. The lowest BCUT2D eigenvalue weighted by atomic mass is 9.87. The van der Waals surface area contributed by atoms with Crippen molar-refractivity contribution in [1.82, 2.24) is 15.3 Å². The summed E-state index contributed by atoms with van der Waals surface area (Å²) in [6.45, 7) is 0. The number of methoxy groups -OCH3 is 1. The Morgan fingerprint density at radius 3 is 2.85 bits per heavy atom. The van der Waals surface area contributed by atoms with Crippen LogP contribution in [0.4, 0.5) is 14.9 Å². The number of rotatable bonds is 4. The number of nitrogens with zero attached hydrogens (tertiary/aromatic N) is 3. The molecule has 1 aliphatic carbocycles. The topological polar surface area (TPSA) is 108 Å². The number of ether oxygens (including phenoxy) is 1. The first kappa shape index (κ1) is 18.1. The maximum atomic E-state index is 14.6. The van der Waals surface area contributed by atoms with E-state index in [4.69, 9.17) is 9.84 Å². The van der Waals surface area contributed by atoms with Crippen molar-refractivity contribution in [3.8, 4) is 5.88 Å². The van der Waals surface area contributed by atoms with Gasteiger partial charge in [0.1, 0.15) is 17.0 Å². The van der Waals surface area contributed by atoms with Gasteiger partial charge in [-0.2, -0.15) is 0 Å². The van der Waals surface area contributed by atoms with E-state index in [1.807, 2.05) is 0 Å². The monoisotopic (exact) mass is 364 g/mol. The van der Waals surface area contributed by atoms with Crippen LogP contribution < -0.4 is 15.0 Å². The van der Waals surface area contributed by atoms with E-state index in [-0.39, 0.29) is 30.1 Å². The number of hydrogen-bond donors (Lipinski definition) is 3.